The zero-order valence-corrected chi connectivity index (χ0v) is 13.1. The van der Waals surface area contributed by atoms with E-state index in [2.05, 4.69) is 14.5 Å². The first kappa shape index (κ1) is 14.5. The number of carbonyl (C=O) groups excluding carboxylic acids is 1. The number of rotatable bonds is 3. The van der Waals surface area contributed by atoms with E-state index in [4.69, 9.17) is 9.15 Å². The summed E-state index contributed by atoms with van der Waals surface area (Å²) in [5.41, 5.74) is 1.00. The van der Waals surface area contributed by atoms with Gasteiger partial charge in [0.05, 0.1) is 25.9 Å². The number of ether oxygens (including phenoxy) is 1. The summed E-state index contributed by atoms with van der Waals surface area (Å²) in [7, 11) is 1.63. The third kappa shape index (κ3) is 2.44. The summed E-state index contributed by atoms with van der Waals surface area (Å²) < 4.78 is 12.6. The molecule has 0 unspecified atom stereocenters. The van der Waals surface area contributed by atoms with Crippen LogP contribution in [0, 0.1) is 0 Å². The number of imidazole rings is 1. The Balaban J connectivity index is 1.74. The molecule has 0 fully saturated rings. The maximum atomic E-state index is 12.9. The lowest BCUT2D eigenvalue weighted by molar-refractivity contribution is 0.0551. The molecule has 7 heteroatoms. The van der Waals surface area contributed by atoms with Crippen LogP contribution in [0.4, 0.5) is 0 Å². The lowest BCUT2D eigenvalue weighted by Gasteiger charge is -2.36. The van der Waals surface area contributed by atoms with Crippen LogP contribution in [-0.4, -0.2) is 32.5 Å². The van der Waals surface area contributed by atoms with E-state index in [9.17, 15) is 4.79 Å². The van der Waals surface area contributed by atoms with Crippen LogP contribution in [0.25, 0.3) is 0 Å². The van der Waals surface area contributed by atoms with Crippen LogP contribution in [0.3, 0.4) is 0 Å². The number of carbonyl (C=O) groups is 1. The Morgan fingerprint density at radius 2 is 2.33 bits per heavy atom. The molecule has 0 radical (unpaired) electrons. The van der Waals surface area contributed by atoms with E-state index in [0.29, 0.717) is 13.1 Å². The minimum Gasteiger partial charge on any atom is -0.497 e. The molecule has 0 aliphatic carbocycles. The van der Waals surface area contributed by atoms with Gasteiger partial charge in [-0.2, -0.15) is 0 Å². The first-order chi connectivity index (χ1) is 11.8. The fourth-order valence-corrected chi connectivity index (χ4v) is 3.02. The normalized spacial score (nSPS) is 16.7. The number of aromatic nitrogens is 3. The molecular weight excluding hydrogens is 308 g/mol. The summed E-state index contributed by atoms with van der Waals surface area (Å²) in [5, 5.41) is 0. The van der Waals surface area contributed by atoms with Crippen LogP contribution in [0.5, 0.6) is 5.75 Å². The Kier molecular flexibility index (Phi) is 3.53. The Hall–Kier alpha value is -3.09. The van der Waals surface area contributed by atoms with Gasteiger partial charge < -0.3 is 18.6 Å². The molecule has 2 aromatic heterocycles. The van der Waals surface area contributed by atoms with Crippen LogP contribution in [-0.2, 0) is 13.1 Å². The molecule has 0 saturated carbocycles. The minimum atomic E-state index is -0.199. The first-order valence-corrected chi connectivity index (χ1v) is 7.59. The predicted molar refractivity (Wildman–Crippen MR) is 84.3 cm³/mol. The van der Waals surface area contributed by atoms with Gasteiger partial charge in [-0.25, -0.2) is 9.97 Å². The Bertz CT molecular complexity index is 856. The second-order valence-electron chi connectivity index (χ2n) is 5.59. The van der Waals surface area contributed by atoms with E-state index >= 15 is 0 Å². The molecule has 0 saturated heterocycles. The van der Waals surface area contributed by atoms with E-state index < -0.39 is 0 Å². The van der Waals surface area contributed by atoms with Crippen LogP contribution in [0.1, 0.15) is 28.0 Å². The molecule has 7 nitrogen and oxygen atoms in total. The number of benzene rings is 1. The lowest BCUT2D eigenvalue weighted by Crippen LogP contribution is -2.41. The fraction of sp³-hybridized carbons (Fsp3) is 0.235. The molecular formula is C17H16N4O3. The van der Waals surface area contributed by atoms with Crippen LogP contribution >= 0.6 is 0 Å². The molecule has 1 aliphatic heterocycles. The standard InChI is InChI=1S/C17H16N4O3/c1-23-13-4-2-3-12(7-13)14-9-20-6-5-19-16(20)10-21(14)17(22)15-8-18-11-24-15/h2-8,11,14H,9-10H2,1H3/t14-/m0/s1. The Labute approximate surface area is 138 Å². The van der Waals surface area contributed by atoms with E-state index in [0.717, 1.165) is 17.1 Å². The van der Waals surface area contributed by atoms with Crippen LogP contribution in [0.15, 0.2) is 53.7 Å². The molecule has 1 aliphatic rings. The highest BCUT2D eigenvalue weighted by Crippen LogP contribution is 2.32. The van der Waals surface area contributed by atoms with Gasteiger partial charge in [-0.15, -0.1) is 0 Å². The molecule has 24 heavy (non-hydrogen) atoms. The van der Waals surface area contributed by atoms with Crippen molar-refractivity contribution >= 4 is 5.91 Å². The monoisotopic (exact) mass is 324 g/mol. The second kappa shape index (κ2) is 5.84. The van der Waals surface area contributed by atoms with Gasteiger partial charge in [0.2, 0.25) is 5.76 Å². The summed E-state index contributed by atoms with van der Waals surface area (Å²) in [5.74, 6) is 1.63. The Morgan fingerprint density at radius 3 is 3.12 bits per heavy atom. The van der Waals surface area contributed by atoms with Crippen LogP contribution in [0.2, 0.25) is 0 Å². The van der Waals surface area contributed by atoms with Gasteiger partial charge in [0, 0.05) is 18.9 Å². The van der Waals surface area contributed by atoms with Crippen LogP contribution < -0.4 is 4.74 Å². The highest BCUT2D eigenvalue weighted by atomic mass is 16.5. The van der Waals surface area contributed by atoms with Gasteiger partial charge in [0.15, 0.2) is 6.39 Å². The zero-order valence-electron chi connectivity index (χ0n) is 13.1. The maximum absolute atomic E-state index is 12.9. The van der Waals surface area contributed by atoms with Gasteiger partial charge in [-0.05, 0) is 17.7 Å². The number of hydrogen-bond acceptors (Lipinski definition) is 5. The van der Waals surface area contributed by atoms with Crippen molar-refractivity contribution in [1.29, 1.82) is 0 Å². The molecule has 1 amide bonds. The SMILES string of the molecule is COc1cccc([C@@H]2Cn3ccnc3CN2C(=O)c2cnco2)c1. The second-order valence-corrected chi connectivity index (χ2v) is 5.59. The zero-order chi connectivity index (χ0) is 16.5. The van der Waals surface area contributed by atoms with Crippen molar-refractivity contribution < 1.29 is 13.9 Å². The van der Waals surface area contributed by atoms with Gasteiger partial charge in [0.25, 0.3) is 5.91 Å². The fourth-order valence-electron chi connectivity index (χ4n) is 3.02. The molecule has 3 heterocycles. The molecule has 0 bridgehead atoms. The van der Waals surface area contributed by atoms with Crippen molar-refractivity contribution in [3.8, 4) is 5.75 Å². The van der Waals surface area contributed by atoms with Crippen molar-refractivity contribution in [3.05, 3.63) is 66.4 Å². The maximum Gasteiger partial charge on any atom is 0.292 e. The molecule has 1 aromatic carbocycles. The van der Waals surface area contributed by atoms with Crippen molar-refractivity contribution in [3.63, 3.8) is 0 Å². The third-order valence-corrected chi connectivity index (χ3v) is 4.24. The van der Waals surface area contributed by atoms with Gasteiger partial charge >= 0.3 is 0 Å². The van der Waals surface area contributed by atoms with Crippen molar-refractivity contribution in [2.24, 2.45) is 0 Å². The quantitative estimate of drug-likeness (QED) is 0.739. The highest BCUT2D eigenvalue weighted by molar-refractivity contribution is 5.91. The average Bonchev–Trinajstić information content (AvgIpc) is 3.31. The van der Waals surface area contributed by atoms with E-state index in [-0.39, 0.29) is 17.7 Å². The van der Waals surface area contributed by atoms with Crippen molar-refractivity contribution in [2.75, 3.05) is 7.11 Å². The molecule has 0 spiro atoms. The number of fused-ring (bicyclic) bond motifs is 1. The topological polar surface area (TPSA) is 73.4 Å². The largest absolute Gasteiger partial charge is 0.497 e. The summed E-state index contributed by atoms with van der Waals surface area (Å²) in [6.07, 6.45) is 6.38. The average molecular weight is 324 g/mol. The highest BCUT2D eigenvalue weighted by Gasteiger charge is 2.33. The summed E-state index contributed by atoms with van der Waals surface area (Å²) in [4.78, 5) is 22.8. The molecule has 3 aromatic rings. The predicted octanol–water partition coefficient (Wildman–Crippen LogP) is 2.28. The number of oxazole rings is 1. The minimum absolute atomic E-state index is 0.139. The smallest absolute Gasteiger partial charge is 0.292 e. The van der Waals surface area contributed by atoms with Crippen molar-refractivity contribution in [1.82, 2.24) is 19.4 Å². The number of hydrogen-bond donors (Lipinski definition) is 0. The third-order valence-electron chi connectivity index (χ3n) is 4.24. The van der Waals surface area contributed by atoms with Gasteiger partial charge in [-0.3, -0.25) is 4.79 Å². The Morgan fingerprint density at radius 1 is 1.42 bits per heavy atom. The number of methoxy groups -OCH3 is 1. The van der Waals surface area contributed by atoms with E-state index in [1.165, 1.54) is 12.6 Å². The van der Waals surface area contributed by atoms with Gasteiger partial charge in [0.1, 0.15) is 11.6 Å². The lowest BCUT2D eigenvalue weighted by atomic mass is 10.0. The van der Waals surface area contributed by atoms with E-state index in [1.807, 2.05) is 30.5 Å². The summed E-state index contributed by atoms with van der Waals surface area (Å²) in [6.45, 7) is 1.04. The molecule has 4 rings (SSSR count). The first-order valence-electron chi connectivity index (χ1n) is 7.59. The summed E-state index contributed by atoms with van der Waals surface area (Å²) >= 11 is 0. The molecule has 122 valence electrons. The van der Waals surface area contributed by atoms with E-state index in [1.54, 1.807) is 18.2 Å². The molecule has 0 N–H and O–H groups in total. The van der Waals surface area contributed by atoms with Gasteiger partial charge in [-0.1, -0.05) is 12.1 Å². The summed E-state index contributed by atoms with van der Waals surface area (Å²) in [6, 6.07) is 7.62. The number of nitrogens with zero attached hydrogens (tertiary/aromatic N) is 4. The molecule has 1 atom stereocenters. The number of amides is 1. The van der Waals surface area contributed by atoms with Crippen molar-refractivity contribution in [2.45, 2.75) is 19.1 Å².